The largest absolute Gasteiger partial charge is 0.314 e. The van der Waals surface area contributed by atoms with Crippen molar-refractivity contribution in [2.45, 2.75) is 66.3 Å². The minimum atomic E-state index is 0.438. The van der Waals surface area contributed by atoms with Gasteiger partial charge in [-0.25, -0.2) is 4.98 Å². The van der Waals surface area contributed by atoms with Gasteiger partial charge in [0.05, 0.1) is 10.7 Å². The lowest BCUT2D eigenvalue weighted by Gasteiger charge is -2.42. The van der Waals surface area contributed by atoms with Gasteiger partial charge in [-0.3, -0.25) is 0 Å². The Morgan fingerprint density at radius 1 is 1.35 bits per heavy atom. The Kier molecular flexibility index (Phi) is 5.25. The van der Waals surface area contributed by atoms with Crippen molar-refractivity contribution < 1.29 is 0 Å². The molecule has 0 aromatic carbocycles. The van der Waals surface area contributed by atoms with Gasteiger partial charge in [-0.15, -0.1) is 11.3 Å². The Balaban J connectivity index is 2.06. The maximum Gasteiger partial charge on any atom is 0.0897 e. The van der Waals surface area contributed by atoms with Gasteiger partial charge >= 0.3 is 0 Å². The molecule has 3 heteroatoms. The van der Waals surface area contributed by atoms with Crippen molar-refractivity contribution in [2.75, 3.05) is 6.54 Å². The molecule has 0 radical (unpaired) electrons. The number of thiazole rings is 1. The third-order valence-electron chi connectivity index (χ3n) is 4.81. The molecule has 1 fully saturated rings. The molecule has 0 amide bonds. The minimum Gasteiger partial charge on any atom is -0.314 e. The van der Waals surface area contributed by atoms with E-state index < -0.39 is 0 Å². The average Bonchev–Trinajstić information content (AvgIpc) is 2.76. The second-order valence-electron chi connectivity index (χ2n) is 7.36. The smallest absolute Gasteiger partial charge is 0.0897 e. The monoisotopic (exact) mass is 294 g/mol. The van der Waals surface area contributed by atoms with E-state index >= 15 is 0 Å². The van der Waals surface area contributed by atoms with Crippen LogP contribution in [0.4, 0.5) is 0 Å². The number of rotatable bonds is 4. The normalized spacial score (nSPS) is 27.8. The van der Waals surface area contributed by atoms with Crippen LogP contribution in [0, 0.1) is 24.2 Å². The minimum absolute atomic E-state index is 0.438. The summed E-state index contributed by atoms with van der Waals surface area (Å²) >= 11 is 1.78. The van der Waals surface area contributed by atoms with Crippen LogP contribution in [0.1, 0.15) is 57.7 Å². The molecule has 1 aliphatic carbocycles. The van der Waals surface area contributed by atoms with Gasteiger partial charge in [0.2, 0.25) is 0 Å². The van der Waals surface area contributed by atoms with Crippen LogP contribution in [-0.2, 0) is 6.42 Å². The highest BCUT2D eigenvalue weighted by Crippen LogP contribution is 2.41. The van der Waals surface area contributed by atoms with Crippen LogP contribution in [0.2, 0.25) is 0 Å². The fourth-order valence-corrected chi connectivity index (χ4v) is 4.20. The van der Waals surface area contributed by atoms with Crippen molar-refractivity contribution in [3.8, 4) is 0 Å². The molecular formula is C17H30N2S. The molecule has 3 atom stereocenters. The Morgan fingerprint density at radius 3 is 2.65 bits per heavy atom. The maximum absolute atomic E-state index is 4.68. The van der Waals surface area contributed by atoms with Gasteiger partial charge in [-0.2, -0.15) is 0 Å². The van der Waals surface area contributed by atoms with Crippen molar-refractivity contribution in [2.24, 2.45) is 17.3 Å². The van der Waals surface area contributed by atoms with E-state index in [2.05, 4.69) is 50.3 Å². The molecule has 3 unspecified atom stereocenters. The fourth-order valence-electron chi connectivity index (χ4n) is 3.58. The molecule has 1 aromatic heterocycles. The van der Waals surface area contributed by atoms with Gasteiger partial charge in [0, 0.05) is 11.4 Å². The van der Waals surface area contributed by atoms with Crippen LogP contribution in [-0.4, -0.2) is 17.6 Å². The first kappa shape index (κ1) is 16.0. The molecule has 1 aromatic rings. The summed E-state index contributed by atoms with van der Waals surface area (Å²) < 4.78 is 0. The quantitative estimate of drug-likeness (QED) is 0.888. The lowest BCUT2D eigenvalue weighted by atomic mass is 9.66. The van der Waals surface area contributed by atoms with E-state index in [4.69, 9.17) is 0 Å². The second-order valence-corrected chi connectivity index (χ2v) is 8.42. The molecule has 0 bridgehead atoms. The van der Waals surface area contributed by atoms with Crippen molar-refractivity contribution >= 4 is 11.3 Å². The molecule has 2 rings (SSSR count). The van der Waals surface area contributed by atoms with E-state index in [1.807, 2.05) is 0 Å². The summed E-state index contributed by atoms with van der Waals surface area (Å²) in [4.78, 5) is 4.68. The van der Waals surface area contributed by atoms with Gasteiger partial charge in [-0.05, 0) is 56.4 Å². The summed E-state index contributed by atoms with van der Waals surface area (Å²) in [6, 6.07) is 0.681. The molecule has 114 valence electrons. The molecule has 0 spiro atoms. The topological polar surface area (TPSA) is 24.9 Å². The summed E-state index contributed by atoms with van der Waals surface area (Å²) in [5.74, 6) is 1.59. The number of hydrogen-bond donors (Lipinski definition) is 1. The van der Waals surface area contributed by atoms with Gasteiger partial charge in [0.15, 0.2) is 0 Å². The summed E-state index contributed by atoms with van der Waals surface area (Å²) in [6.45, 7) is 12.6. The zero-order valence-corrected chi connectivity index (χ0v) is 14.5. The predicted octanol–water partition coefficient (Wildman–Crippen LogP) is 4.43. The number of aromatic nitrogens is 1. The highest BCUT2D eigenvalue weighted by atomic mass is 32.1. The molecule has 1 saturated carbocycles. The van der Waals surface area contributed by atoms with Crippen molar-refractivity contribution in [3.05, 3.63) is 16.1 Å². The second kappa shape index (κ2) is 6.57. The zero-order chi connectivity index (χ0) is 14.8. The summed E-state index contributed by atoms with van der Waals surface area (Å²) in [5, 5.41) is 7.16. The average molecular weight is 295 g/mol. The molecule has 20 heavy (non-hydrogen) atoms. The van der Waals surface area contributed by atoms with E-state index in [0.29, 0.717) is 11.5 Å². The van der Waals surface area contributed by atoms with E-state index in [-0.39, 0.29) is 0 Å². The van der Waals surface area contributed by atoms with Crippen molar-refractivity contribution in [1.29, 1.82) is 0 Å². The Morgan fingerprint density at radius 2 is 2.10 bits per heavy atom. The summed E-state index contributed by atoms with van der Waals surface area (Å²) in [6.07, 6.45) is 5.18. The van der Waals surface area contributed by atoms with E-state index in [9.17, 15) is 0 Å². The number of nitrogens with one attached hydrogen (secondary N) is 1. The predicted molar refractivity (Wildman–Crippen MR) is 88.3 cm³/mol. The maximum atomic E-state index is 4.68. The molecule has 1 N–H and O–H groups in total. The molecule has 0 saturated heterocycles. The number of aryl methyl sites for hydroxylation is 1. The summed E-state index contributed by atoms with van der Waals surface area (Å²) in [5.41, 5.74) is 1.74. The van der Waals surface area contributed by atoms with Crippen molar-refractivity contribution in [1.82, 2.24) is 10.3 Å². The molecule has 2 nitrogen and oxygen atoms in total. The first-order valence-electron chi connectivity index (χ1n) is 8.04. The van der Waals surface area contributed by atoms with Crippen LogP contribution in [0.5, 0.6) is 0 Å². The first-order valence-corrected chi connectivity index (χ1v) is 8.92. The number of nitrogens with zero attached hydrogens (tertiary/aromatic N) is 1. The third-order valence-corrected chi connectivity index (χ3v) is 5.63. The van der Waals surface area contributed by atoms with Gasteiger partial charge in [0.25, 0.3) is 0 Å². The fraction of sp³-hybridized carbons (Fsp3) is 0.824. The van der Waals surface area contributed by atoms with E-state index in [0.717, 1.165) is 24.8 Å². The highest BCUT2D eigenvalue weighted by Gasteiger charge is 2.35. The van der Waals surface area contributed by atoms with E-state index in [1.54, 1.807) is 11.3 Å². The zero-order valence-electron chi connectivity index (χ0n) is 13.7. The van der Waals surface area contributed by atoms with Crippen LogP contribution in [0.15, 0.2) is 5.38 Å². The van der Waals surface area contributed by atoms with Gasteiger partial charge < -0.3 is 5.32 Å². The number of hydrogen-bond acceptors (Lipinski definition) is 3. The molecule has 1 aliphatic rings. The lowest BCUT2D eigenvalue weighted by molar-refractivity contribution is 0.114. The first-order chi connectivity index (χ1) is 9.40. The standard InChI is InChI=1S/C17H30N2S/c1-6-18-16-8-7-14(17(3,4)5)9-13(16)10-15-11-20-12(2)19-15/h11,13-14,16,18H,6-10H2,1-5H3. The Hall–Kier alpha value is -0.410. The SMILES string of the molecule is CCNC1CCC(C(C)(C)C)CC1Cc1csc(C)n1. The highest BCUT2D eigenvalue weighted by molar-refractivity contribution is 7.09. The van der Waals surface area contributed by atoms with Gasteiger partial charge in [-0.1, -0.05) is 27.7 Å². The van der Waals surface area contributed by atoms with Gasteiger partial charge in [0.1, 0.15) is 0 Å². The van der Waals surface area contributed by atoms with Crippen LogP contribution in [0.3, 0.4) is 0 Å². The Bertz CT molecular complexity index is 419. The third kappa shape index (κ3) is 4.05. The van der Waals surface area contributed by atoms with Crippen LogP contribution < -0.4 is 5.32 Å². The molecule has 1 heterocycles. The van der Waals surface area contributed by atoms with E-state index in [1.165, 1.54) is 30.0 Å². The lowest BCUT2D eigenvalue weighted by Crippen LogP contribution is -2.43. The van der Waals surface area contributed by atoms with Crippen molar-refractivity contribution in [3.63, 3.8) is 0 Å². The van der Waals surface area contributed by atoms with Crippen LogP contribution in [0.25, 0.3) is 0 Å². The Labute approximate surface area is 128 Å². The van der Waals surface area contributed by atoms with Crippen LogP contribution >= 0.6 is 11.3 Å². The summed E-state index contributed by atoms with van der Waals surface area (Å²) in [7, 11) is 0. The molecular weight excluding hydrogens is 264 g/mol. The molecule has 0 aliphatic heterocycles.